The number of hydrogen-bond donors (Lipinski definition) is 1. The maximum Gasteiger partial charge on any atom is 0.307 e. The molecule has 1 N–H and O–H groups in total. The van der Waals surface area contributed by atoms with E-state index in [9.17, 15) is 9.90 Å². The first kappa shape index (κ1) is 13.9. The van der Waals surface area contributed by atoms with Crippen LogP contribution in [0.5, 0.6) is 0 Å². The summed E-state index contributed by atoms with van der Waals surface area (Å²) in [6.07, 6.45) is 6.70. The molecular formula is C13H24O2S. The molecule has 1 saturated carbocycles. The highest BCUT2D eigenvalue weighted by Gasteiger charge is 2.29. The van der Waals surface area contributed by atoms with Crippen molar-refractivity contribution in [2.24, 2.45) is 11.8 Å². The van der Waals surface area contributed by atoms with Gasteiger partial charge in [-0.05, 0) is 30.9 Å². The molecule has 0 heterocycles. The summed E-state index contributed by atoms with van der Waals surface area (Å²) in [5.41, 5.74) is 0. The van der Waals surface area contributed by atoms with Crippen molar-refractivity contribution in [2.75, 3.05) is 5.75 Å². The Labute approximate surface area is 103 Å². The molecule has 0 bridgehead atoms. The van der Waals surface area contributed by atoms with Crippen LogP contribution in [0, 0.1) is 11.8 Å². The van der Waals surface area contributed by atoms with E-state index in [2.05, 4.69) is 13.8 Å². The van der Waals surface area contributed by atoms with Gasteiger partial charge in [0.05, 0.1) is 5.92 Å². The van der Waals surface area contributed by atoms with Gasteiger partial charge < -0.3 is 5.11 Å². The number of rotatable bonds is 5. The lowest BCUT2D eigenvalue weighted by Gasteiger charge is -2.21. The smallest absolute Gasteiger partial charge is 0.307 e. The van der Waals surface area contributed by atoms with Crippen LogP contribution in [0.1, 0.15) is 52.4 Å². The van der Waals surface area contributed by atoms with Crippen LogP contribution in [-0.2, 0) is 4.79 Å². The van der Waals surface area contributed by atoms with Crippen LogP contribution in [0.4, 0.5) is 0 Å². The second-order valence-corrected chi connectivity index (χ2v) is 6.52. The van der Waals surface area contributed by atoms with Crippen LogP contribution in [0.2, 0.25) is 0 Å². The first-order valence-electron chi connectivity index (χ1n) is 6.45. The molecule has 0 saturated heterocycles. The molecule has 0 spiro atoms. The highest BCUT2D eigenvalue weighted by molar-refractivity contribution is 7.99. The SMILES string of the molecule is CC(C)CCSC1CCCCCC1C(=O)O. The van der Waals surface area contributed by atoms with Gasteiger partial charge in [0.1, 0.15) is 0 Å². The summed E-state index contributed by atoms with van der Waals surface area (Å²) in [5.74, 6) is 1.16. The summed E-state index contributed by atoms with van der Waals surface area (Å²) >= 11 is 1.89. The van der Waals surface area contributed by atoms with Crippen molar-refractivity contribution in [3.05, 3.63) is 0 Å². The normalized spacial score (nSPS) is 26.7. The van der Waals surface area contributed by atoms with Crippen molar-refractivity contribution in [3.8, 4) is 0 Å². The summed E-state index contributed by atoms with van der Waals surface area (Å²) in [5, 5.41) is 9.59. The van der Waals surface area contributed by atoms with Gasteiger partial charge in [-0.2, -0.15) is 11.8 Å². The fraction of sp³-hybridized carbons (Fsp3) is 0.923. The first-order valence-corrected chi connectivity index (χ1v) is 7.50. The van der Waals surface area contributed by atoms with Gasteiger partial charge in [0, 0.05) is 5.25 Å². The van der Waals surface area contributed by atoms with Crippen molar-refractivity contribution in [1.82, 2.24) is 0 Å². The lowest BCUT2D eigenvalue weighted by molar-refractivity contribution is -0.141. The Hall–Kier alpha value is -0.180. The maximum absolute atomic E-state index is 11.2. The molecule has 0 aromatic rings. The molecule has 1 fully saturated rings. The Balaban J connectivity index is 2.41. The molecular weight excluding hydrogens is 220 g/mol. The number of hydrogen-bond acceptors (Lipinski definition) is 2. The summed E-state index contributed by atoms with van der Waals surface area (Å²) < 4.78 is 0. The summed E-state index contributed by atoms with van der Waals surface area (Å²) in [6, 6.07) is 0. The lowest BCUT2D eigenvalue weighted by atomic mass is 10.0. The molecule has 0 amide bonds. The van der Waals surface area contributed by atoms with Crippen LogP contribution < -0.4 is 0 Å². The quantitative estimate of drug-likeness (QED) is 0.747. The minimum Gasteiger partial charge on any atom is -0.481 e. The number of carbonyl (C=O) groups is 1. The third-order valence-electron chi connectivity index (χ3n) is 3.30. The van der Waals surface area contributed by atoms with Gasteiger partial charge in [-0.3, -0.25) is 4.79 Å². The van der Waals surface area contributed by atoms with Crippen molar-refractivity contribution in [3.63, 3.8) is 0 Å². The van der Waals surface area contributed by atoms with Gasteiger partial charge in [0.25, 0.3) is 0 Å². The minimum absolute atomic E-state index is 0.0975. The van der Waals surface area contributed by atoms with E-state index in [1.165, 1.54) is 19.3 Å². The van der Waals surface area contributed by atoms with Crippen molar-refractivity contribution >= 4 is 17.7 Å². The van der Waals surface area contributed by atoms with Crippen LogP contribution in [0.25, 0.3) is 0 Å². The van der Waals surface area contributed by atoms with Gasteiger partial charge >= 0.3 is 5.97 Å². The third kappa shape index (κ3) is 4.77. The zero-order valence-electron chi connectivity index (χ0n) is 10.4. The van der Waals surface area contributed by atoms with E-state index in [1.807, 2.05) is 11.8 Å². The molecule has 16 heavy (non-hydrogen) atoms. The predicted molar refractivity (Wildman–Crippen MR) is 69.9 cm³/mol. The Morgan fingerprint density at radius 2 is 2.00 bits per heavy atom. The molecule has 3 heteroatoms. The molecule has 1 aliphatic rings. The molecule has 0 radical (unpaired) electrons. The number of carboxylic acids is 1. The number of aliphatic carboxylic acids is 1. The molecule has 0 aromatic heterocycles. The summed E-state index contributed by atoms with van der Waals surface area (Å²) in [7, 11) is 0. The van der Waals surface area contributed by atoms with E-state index >= 15 is 0 Å². The highest BCUT2D eigenvalue weighted by Crippen LogP contribution is 2.33. The average Bonchev–Trinajstić information content (AvgIpc) is 2.42. The zero-order valence-corrected chi connectivity index (χ0v) is 11.3. The Morgan fingerprint density at radius 1 is 1.31 bits per heavy atom. The molecule has 0 aliphatic heterocycles. The molecule has 94 valence electrons. The van der Waals surface area contributed by atoms with Gasteiger partial charge in [0.2, 0.25) is 0 Å². The van der Waals surface area contributed by atoms with Crippen LogP contribution in [0.15, 0.2) is 0 Å². The van der Waals surface area contributed by atoms with E-state index < -0.39 is 5.97 Å². The molecule has 2 unspecified atom stereocenters. The van der Waals surface area contributed by atoms with Crippen molar-refractivity contribution < 1.29 is 9.90 Å². The average molecular weight is 244 g/mol. The molecule has 2 atom stereocenters. The summed E-state index contributed by atoms with van der Waals surface area (Å²) in [4.78, 5) is 11.2. The van der Waals surface area contributed by atoms with Gasteiger partial charge in [-0.25, -0.2) is 0 Å². The van der Waals surface area contributed by atoms with Crippen molar-refractivity contribution in [1.29, 1.82) is 0 Å². The molecule has 0 aromatic carbocycles. The van der Waals surface area contributed by atoms with E-state index in [0.29, 0.717) is 5.25 Å². The maximum atomic E-state index is 11.2. The molecule has 1 rings (SSSR count). The van der Waals surface area contributed by atoms with Crippen LogP contribution in [-0.4, -0.2) is 22.1 Å². The molecule has 1 aliphatic carbocycles. The van der Waals surface area contributed by atoms with Gasteiger partial charge in [-0.15, -0.1) is 0 Å². The standard InChI is InChI=1S/C13H24O2S/c1-10(2)8-9-16-12-7-5-3-4-6-11(12)13(14)15/h10-12H,3-9H2,1-2H3,(H,14,15). The lowest BCUT2D eigenvalue weighted by Crippen LogP contribution is -2.25. The van der Waals surface area contributed by atoms with Crippen molar-refractivity contribution in [2.45, 2.75) is 57.6 Å². The zero-order chi connectivity index (χ0) is 12.0. The highest BCUT2D eigenvalue weighted by atomic mass is 32.2. The monoisotopic (exact) mass is 244 g/mol. The number of thioether (sulfide) groups is 1. The predicted octanol–water partition coefficient (Wildman–Crippen LogP) is 3.80. The fourth-order valence-corrected chi connectivity index (χ4v) is 3.94. The van der Waals surface area contributed by atoms with E-state index in [1.54, 1.807) is 0 Å². The van der Waals surface area contributed by atoms with Crippen LogP contribution in [0.3, 0.4) is 0 Å². The van der Waals surface area contributed by atoms with Gasteiger partial charge in [0.15, 0.2) is 0 Å². The Kier molecular flexibility index (Phi) is 6.25. The largest absolute Gasteiger partial charge is 0.481 e. The van der Waals surface area contributed by atoms with E-state index in [-0.39, 0.29) is 5.92 Å². The van der Waals surface area contributed by atoms with Gasteiger partial charge in [-0.1, -0.05) is 33.1 Å². The second kappa shape index (κ2) is 7.21. The fourth-order valence-electron chi connectivity index (χ4n) is 2.21. The molecule has 2 nitrogen and oxygen atoms in total. The third-order valence-corrected chi connectivity index (χ3v) is 4.76. The second-order valence-electron chi connectivity index (χ2n) is 5.17. The number of carboxylic acid groups (broad SMARTS) is 1. The minimum atomic E-state index is -0.580. The Morgan fingerprint density at radius 3 is 2.62 bits per heavy atom. The first-order chi connectivity index (χ1) is 7.61. The summed E-state index contributed by atoms with van der Waals surface area (Å²) in [6.45, 7) is 4.45. The van der Waals surface area contributed by atoms with Crippen LogP contribution >= 0.6 is 11.8 Å². The van der Waals surface area contributed by atoms with E-state index in [4.69, 9.17) is 0 Å². The van der Waals surface area contributed by atoms with E-state index in [0.717, 1.165) is 30.9 Å². The topological polar surface area (TPSA) is 37.3 Å². The Bertz CT molecular complexity index is 216.